The van der Waals surface area contributed by atoms with E-state index in [0.29, 0.717) is 26.1 Å². The Labute approximate surface area is 222 Å². The lowest BCUT2D eigenvalue weighted by Crippen LogP contribution is -2.23. The number of hydrogen-bond acceptors (Lipinski definition) is 5. The van der Waals surface area contributed by atoms with Crippen LogP contribution in [0.1, 0.15) is 36.3 Å². The number of rotatable bonds is 8. The summed E-state index contributed by atoms with van der Waals surface area (Å²) in [6, 6.07) is 12.9. The molecule has 0 aliphatic rings. The van der Waals surface area contributed by atoms with E-state index in [0.717, 1.165) is 30.5 Å². The van der Waals surface area contributed by atoms with Gasteiger partial charge in [0, 0.05) is 4.88 Å². The molecule has 4 aromatic rings. The summed E-state index contributed by atoms with van der Waals surface area (Å²) in [5, 5.41) is 4.57. The van der Waals surface area contributed by atoms with E-state index in [9.17, 15) is 9.59 Å². The van der Waals surface area contributed by atoms with Gasteiger partial charge < -0.3 is 5.32 Å². The molecule has 0 fully saturated rings. The van der Waals surface area contributed by atoms with Crippen molar-refractivity contribution in [2.45, 2.75) is 45.2 Å². The maximum Gasteiger partial charge on any atom is 0.267 e. The van der Waals surface area contributed by atoms with E-state index in [2.05, 4.69) is 19.2 Å². The molecule has 1 N–H and O–H groups in total. The smallest absolute Gasteiger partial charge is 0.267 e. The van der Waals surface area contributed by atoms with E-state index in [1.54, 1.807) is 34.1 Å². The first-order valence-corrected chi connectivity index (χ1v) is 13.9. The van der Waals surface area contributed by atoms with Crippen molar-refractivity contribution in [1.29, 1.82) is 0 Å². The third kappa shape index (κ3) is 5.43. The van der Waals surface area contributed by atoms with E-state index in [-0.39, 0.29) is 22.2 Å². The minimum Gasteiger partial charge on any atom is -0.324 e. The lowest BCUT2D eigenvalue weighted by atomic mass is 10.1. The van der Waals surface area contributed by atoms with E-state index < -0.39 is 0 Å². The van der Waals surface area contributed by atoms with Crippen LogP contribution in [-0.4, -0.2) is 21.2 Å². The molecule has 1 amide bonds. The van der Waals surface area contributed by atoms with Crippen LogP contribution in [0.25, 0.3) is 15.9 Å². The molecule has 0 saturated carbocycles. The van der Waals surface area contributed by atoms with Gasteiger partial charge in [-0.05, 0) is 55.2 Å². The highest BCUT2D eigenvalue weighted by Crippen LogP contribution is 2.32. The maximum atomic E-state index is 13.7. The normalized spacial score (nSPS) is 11.2. The zero-order chi connectivity index (χ0) is 25.1. The fraction of sp³-hybridized carbons (Fsp3) is 0.269. The van der Waals surface area contributed by atoms with Crippen LogP contribution >= 0.6 is 46.3 Å². The number of benzene rings is 2. The third-order valence-electron chi connectivity index (χ3n) is 5.67. The summed E-state index contributed by atoms with van der Waals surface area (Å²) in [6.45, 7) is 6.20. The van der Waals surface area contributed by atoms with E-state index >= 15 is 0 Å². The first-order valence-electron chi connectivity index (χ1n) is 11.3. The Kier molecular flexibility index (Phi) is 8.22. The molecule has 182 valence electrons. The van der Waals surface area contributed by atoms with Crippen molar-refractivity contribution in [3.05, 3.63) is 78.9 Å². The molecule has 0 aliphatic carbocycles. The van der Waals surface area contributed by atoms with Crippen molar-refractivity contribution >= 4 is 68.1 Å². The Hall–Kier alpha value is -2.32. The van der Waals surface area contributed by atoms with Gasteiger partial charge in [0.1, 0.15) is 4.83 Å². The van der Waals surface area contributed by atoms with Crippen LogP contribution in [0.2, 0.25) is 10.0 Å². The van der Waals surface area contributed by atoms with E-state index in [4.69, 9.17) is 28.2 Å². The van der Waals surface area contributed by atoms with Crippen LogP contribution in [0.3, 0.4) is 0 Å². The molecule has 0 bridgehead atoms. The molecule has 5 nitrogen and oxygen atoms in total. The lowest BCUT2D eigenvalue weighted by Gasteiger charge is -2.13. The van der Waals surface area contributed by atoms with Gasteiger partial charge in [0.05, 0.1) is 32.6 Å². The van der Waals surface area contributed by atoms with Crippen molar-refractivity contribution in [2.75, 3.05) is 11.1 Å². The summed E-state index contributed by atoms with van der Waals surface area (Å²) in [6.07, 6.45) is 2.81. The van der Waals surface area contributed by atoms with Crippen LogP contribution in [-0.2, 0) is 17.6 Å². The fourth-order valence-electron chi connectivity index (χ4n) is 3.80. The molecule has 0 radical (unpaired) electrons. The van der Waals surface area contributed by atoms with Gasteiger partial charge in [-0.3, -0.25) is 14.2 Å². The summed E-state index contributed by atoms with van der Waals surface area (Å²) in [5.41, 5.74) is 3.23. The second kappa shape index (κ2) is 11.2. The molecule has 0 spiro atoms. The summed E-state index contributed by atoms with van der Waals surface area (Å²) in [4.78, 5) is 33.2. The Balaban J connectivity index is 1.72. The van der Waals surface area contributed by atoms with Gasteiger partial charge in [-0.1, -0.05) is 73.4 Å². The number of nitrogens with one attached hydrogen (secondary N) is 1. The van der Waals surface area contributed by atoms with Crippen LogP contribution in [0, 0.1) is 6.92 Å². The monoisotopic (exact) mass is 545 g/mol. The van der Waals surface area contributed by atoms with Crippen molar-refractivity contribution in [3.63, 3.8) is 0 Å². The number of fused-ring (bicyclic) bond motifs is 1. The highest BCUT2D eigenvalue weighted by atomic mass is 35.5. The summed E-state index contributed by atoms with van der Waals surface area (Å²) in [7, 11) is 0. The van der Waals surface area contributed by atoms with Crippen molar-refractivity contribution in [3.8, 4) is 5.69 Å². The first-order chi connectivity index (χ1) is 16.8. The van der Waals surface area contributed by atoms with Crippen molar-refractivity contribution in [1.82, 2.24) is 9.55 Å². The number of anilines is 1. The molecular weight excluding hydrogens is 521 g/mol. The van der Waals surface area contributed by atoms with Crippen LogP contribution in [0.4, 0.5) is 5.69 Å². The molecule has 9 heteroatoms. The second-order valence-corrected chi connectivity index (χ2v) is 10.9. The number of carbonyl (C=O) groups is 1. The molecule has 2 aromatic heterocycles. The molecule has 0 unspecified atom stereocenters. The largest absolute Gasteiger partial charge is 0.324 e. The number of halogens is 2. The highest BCUT2D eigenvalue weighted by molar-refractivity contribution is 7.99. The van der Waals surface area contributed by atoms with Crippen molar-refractivity contribution < 1.29 is 4.79 Å². The minimum absolute atomic E-state index is 0.0556. The number of aromatic nitrogens is 2. The molecule has 0 atom stereocenters. The number of aryl methyl sites for hydroxylation is 3. The summed E-state index contributed by atoms with van der Waals surface area (Å²) >= 11 is 15.0. The maximum absolute atomic E-state index is 13.7. The molecule has 0 aliphatic heterocycles. The zero-order valence-corrected chi connectivity index (χ0v) is 22.8. The quantitative estimate of drug-likeness (QED) is 0.186. The first kappa shape index (κ1) is 25.8. The van der Waals surface area contributed by atoms with Crippen LogP contribution in [0.5, 0.6) is 0 Å². The molecule has 0 saturated heterocycles. The minimum atomic E-state index is -0.268. The van der Waals surface area contributed by atoms with Gasteiger partial charge >= 0.3 is 0 Å². The number of amides is 1. The molecular formula is C26H25Cl2N3O2S2. The van der Waals surface area contributed by atoms with Crippen LogP contribution in [0.15, 0.2) is 52.4 Å². The molecule has 2 heterocycles. The second-order valence-electron chi connectivity index (χ2n) is 8.07. The van der Waals surface area contributed by atoms with E-state index in [1.165, 1.54) is 22.2 Å². The predicted octanol–water partition coefficient (Wildman–Crippen LogP) is 7.31. The van der Waals surface area contributed by atoms with Gasteiger partial charge in [0.2, 0.25) is 5.91 Å². The SMILES string of the molecule is CCCc1sc2nc(SCC(=O)Nc3cccc(Cl)c3Cl)n(-c3ccc(CC)cc3)c(=O)c2c1C. The molecule has 35 heavy (non-hydrogen) atoms. The Morgan fingerprint density at radius 2 is 1.89 bits per heavy atom. The number of hydrogen-bond donors (Lipinski definition) is 1. The Bertz CT molecular complexity index is 1450. The number of thiophene rings is 1. The Morgan fingerprint density at radius 1 is 1.14 bits per heavy atom. The van der Waals surface area contributed by atoms with Crippen LogP contribution < -0.4 is 10.9 Å². The molecule has 2 aromatic carbocycles. The number of carbonyl (C=O) groups excluding carboxylic acids is 1. The van der Waals surface area contributed by atoms with Gasteiger partial charge in [0.25, 0.3) is 5.56 Å². The third-order valence-corrected chi connectivity index (χ3v) is 8.67. The average molecular weight is 547 g/mol. The average Bonchev–Trinajstić information content (AvgIpc) is 3.16. The van der Waals surface area contributed by atoms with Gasteiger partial charge in [-0.15, -0.1) is 11.3 Å². The van der Waals surface area contributed by atoms with Gasteiger partial charge in [-0.25, -0.2) is 4.98 Å². The standard InChI is InChI=1S/C26H25Cl2N3O2S2/c1-4-7-20-15(3)22-24(35-20)30-26(31(25(22)33)17-12-10-16(5-2)11-13-17)34-14-21(32)29-19-9-6-8-18(27)23(19)28/h6,8-13H,4-5,7,14H2,1-3H3,(H,29,32). The summed E-state index contributed by atoms with van der Waals surface area (Å²) < 4.78 is 1.61. The number of nitrogens with zero attached hydrogens (tertiary/aromatic N) is 2. The summed E-state index contributed by atoms with van der Waals surface area (Å²) in [5.74, 6) is -0.213. The predicted molar refractivity (Wildman–Crippen MR) is 149 cm³/mol. The zero-order valence-electron chi connectivity index (χ0n) is 19.7. The Morgan fingerprint density at radius 3 is 2.57 bits per heavy atom. The lowest BCUT2D eigenvalue weighted by molar-refractivity contribution is -0.113. The van der Waals surface area contributed by atoms with Gasteiger partial charge in [-0.2, -0.15) is 0 Å². The van der Waals surface area contributed by atoms with Crippen molar-refractivity contribution in [2.24, 2.45) is 0 Å². The fourth-order valence-corrected chi connectivity index (χ4v) is 6.28. The van der Waals surface area contributed by atoms with Gasteiger partial charge in [0.15, 0.2) is 5.16 Å². The van der Waals surface area contributed by atoms with E-state index in [1.807, 2.05) is 31.2 Å². The topological polar surface area (TPSA) is 64.0 Å². The number of thioether (sulfide) groups is 1. The highest BCUT2D eigenvalue weighted by Gasteiger charge is 2.20. The molecule has 4 rings (SSSR count).